The number of nitrogens with zero attached hydrogens (tertiary/aromatic N) is 1. The van der Waals surface area contributed by atoms with Gasteiger partial charge >= 0.3 is 0 Å². The highest BCUT2D eigenvalue weighted by atomic mass is 16.5. The number of unbranched alkanes of at least 4 members (excludes halogenated alkanes) is 1. The van der Waals surface area contributed by atoms with Gasteiger partial charge in [0.1, 0.15) is 5.75 Å². The van der Waals surface area contributed by atoms with Gasteiger partial charge in [0.25, 0.3) is 5.56 Å². The summed E-state index contributed by atoms with van der Waals surface area (Å²) in [5.41, 5.74) is 1.89. The molecular formula is C23H24N2O2. The van der Waals surface area contributed by atoms with Crippen LogP contribution in [0.3, 0.4) is 0 Å². The molecule has 0 saturated carbocycles. The summed E-state index contributed by atoms with van der Waals surface area (Å²) in [4.78, 5) is 15.3. The van der Waals surface area contributed by atoms with Crippen LogP contribution in [0.4, 0.5) is 0 Å². The lowest BCUT2D eigenvalue weighted by Gasteiger charge is -2.09. The Kier molecular flexibility index (Phi) is 5.93. The molecule has 0 aliphatic rings. The molecule has 1 aromatic heterocycles. The van der Waals surface area contributed by atoms with Crippen molar-refractivity contribution in [3.8, 4) is 23.1 Å². The number of aromatic nitrogens is 1. The Morgan fingerprint density at radius 2 is 1.85 bits per heavy atom. The zero-order chi connectivity index (χ0) is 19.2. The number of fused-ring (bicyclic) bond motifs is 1. The van der Waals surface area contributed by atoms with Crippen LogP contribution < -0.4 is 10.3 Å². The number of nitrogens with one attached hydrogen (secondary N) is 1. The number of rotatable bonds is 7. The van der Waals surface area contributed by atoms with Crippen molar-refractivity contribution in [2.45, 2.75) is 33.1 Å². The van der Waals surface area contributed by atoms with Crippen LogP contribution in [0.1, 0.15) is 38.7 Å². The molecule has 0 aliphatic heterocycles. The quantitative estimate of drug-likeness (QED) is 0.584. The van der Waals surface area contributed by atoms with Crippen molar-refractivity contribution in [3.63, 3.8) is 0 Å². The first-order valence-corrected chi connectivity index (χ1v) is 9.38. The molecule has 2 aromatic carbocycles. The highest BCUT2D eigenvalue weighted by Gasteiger charge is 2.08. The summed E-state index contributed by atoms with van der Waals surface area (Å²) in [6, 6.07) is 16.9. The van der Waals surface area contributed by atoms with Crippen molar-refractivity contribution in [2.24, 2.45) is 5.92 Å². The van der Waals surface area contributed by atoms with Gasteiger partial charge in [-0.1, -0.05) is 26.3 Å². The first-order valence-electron chi connectivity index (χ1n) is 9.38. The Hall–Kier alpha value is -3.06. The lowest BCUT2D eigenvalue weighted by atomic mass is 10.0. The van der Waals surface area contributed by atoms with E-state index < -0.39 is 0 Å². The number of H-pyrrole nitrogens is 1. The molecule has 0 radical (unpaired) electrons. The summed E-state index contributed by atoms with van der Waals surface area (Å²) >= 11 is 0. The molecule has 4 nitrogen and oxygen atoms in total. The molecule has 0 spiro atoms. The number of ether oxygens (including phenoxy) is 1. The van der Waals surface area contributed by atoms with Gasteiger partial charge in [0.05, 0.1) is 18.2 Å². The zero-order valence-corrected chi connectivity index (χ0v) is 15.8. The van der Waals surface area contributed by atoms with Gasteiger partial charge in [-0.15, -0.1) is 0 Å². The third kappa shape index (κ3) is 4.57. The first-order chi connectivity index (χ1) is 13.1. The summed E-state index contributed by atoms with van der Waals surface area (Å²) in [6.07, 6.45) is 3.45. The van der Waals surface area contributed by atoms with E-state index in [1.807, 2.05) is 30.3 Å². The molecule has 4 heteroatoms. The van der Waals surface area contributed by atoms with Crippen molar-refractivity contribution in [1.29, 1.82) is 5.26 Å². The van der Waals surface area contributed by atoms with Crippen LogP contribution in [0.25, 0.3) is 22.0 Å². The predicted octanol–water partition coefficient (Wildman–Crippen LogP) is 5.27. The molecule has 0 atom stereocenters. The van der Waals surface area contributed by atoms with E-state index in [-0.39, 0.29) is 5.56 Å². The lowest BCUT2D eigenvalue weighted by molar-refractivity contribution is 0.301. The van der Waals surface area contributed by atoms with Crippen molar-refractivity contribution >= 4 is 10.8 Å². The van der Waals surface area contributed by atoms with Crippen LogP contribution in [-0.4, -0.2) is 11.6 Å². The minimum Gasteiger partial charge on any atom is -0.494 e. The van der Waals surface area contributed by atoms with Gasteiger partial charge in [-0.3, -0.25) is 4.79 Å². The van der Waals surface area contributed by atoms with E-state index in [4.69, 9.17) is 4.74 Å². The highest BCUT2D eigenvalue weighted by Crippen LogP contribution is 2.24. The van der Waals surface area contributed by atoms with Gasteiger partial charge in [-0.2, -0.15) is 5.26 Å². The number of aromatic amines is 1. The zero-order valence-electron chi connectivity index (χ0n) is 15.8. The van der Waals surface area contributed by atoms with Crippen LogP contribution in [0.5, 0.6) is 5.75 Å². The van der Waals surface area contributed by atoms with Gasteiger partial charge in [-0.05, 0) is 66.8 Å². The van der Waals surface area contributed by atoms with E-state index in [1.54, 1.807) is 18.2 Å². The maximum absolute atomic E-state index is 12.4. The molecule has 138 valence electrons. The molecule has 0 bridgehead atoms. The van der Waals surface area contributed by atoms with Gasteiger partial charge in [0.2, 0.25) is 0 Å². The summed E-state index contributed by atoms with van der Waals surface area (Å²) in [7, 11) is 0. The topological polar surface area (TPSA) is 65.9 Å². The highest BCUT2D eigenvalue weighted by molar-refractivity contribution is 5.89. The Labute approximate surface area is 159 Å². The fraction of sp³-hybridized carbons (Fsp3) is 0.304. The monoisotopic (exact) mass is 360 g/mol. The average Bonchev–Trinajstić information content (AvgIpc) is 2.67. The molecule has 27 heavy (non-hydrogen) atoms. The maximum Gasteiger partial charge on any atom is 0.256 e. The Bertz CT molecular complexity index is 1010. The molecule has 0 amide bonds. The van der Waals surface area contributed by atoms with Crippen LogP contribution in [0.15, 0.2) is 53.3 Å². The van der Waals surface area contributed by atoms with Crippen molar-refractivity contribution in [3.05, 3.63) is 64.4 Å². The molecular weight excluding hydrogens is 336 g/mol. The van der Waals surface area contributed by atoms with Crippen molar-refractivity contribution in [2.75, 3.05) is 6.61 Å². The van der Waals surface area contributed by atoms with E-state index in [0.29, 0.717) is 28.6 Å². The third-order valence-corrected chi connectivity index (χ3v) is 4.62. The summed E-state index contributed by atoms with van der Waals surface area (Å²) in [5, 5.41) is 10.5. The minimum atomic E-state index is -0.190. The minimum absolute atomic E-state index is 0.190. The van der Waals surface area contributed by atoms with Gasteiger partial charge in [0, 0.05) is 16.5 Å². The SMILES string of the molecule is CC(C)CCCCOc1ccc(-c2cc3c(C#N)cccc3c(=O)[nH]2)cc1. The number of pyridine rings is 1. The molecule has 3 aromatic rings. The Morgan fingerprint density at radius 1 is 1.07 bits per heavy atom. The summed E-state index contributed by atoms with van der Waals surface area (Å²) < 4.78 is 5.79. The smallest absolute Gasteiger partial charge is 0.256 e. The van der Waals surface area contributed by atoms with Crippen LogP contribution >= 0.6 is 0 Å². The maximum atomic E-state index is 12.4. The van der Waals surface area contributed by atoms with E-state index >= 15 is 0 Å². The molecule has 3 rings (SSSR count). The number of nitriles is 1. The molecule has 0 unspecified atom stereocenters. The average molecular weight is 360 g/mol. The Morgan fingerprint density at radius 3 is 2.56 bits per heavy atom. The van der Waals surface area contributed by atoms with Crippen LogP contribution in [-0.2, 0) is 0 Å². The fourth-order valence-electron chi connectivity index (χ4n) is 3.12. The van der Waals surface area contributed by atoms with Gasteiger partial charge < -0.3 is 9.72 Å². The summed E-state index contributed by atoms with van der Waals surface area (Å²) in [5.74, 6) is 1.55. The number of hydrogen-bond acceptors (Lipinski definition) is 3. The first kappa shape index (κ1) is 18.7. The third-order valence-electron chi connectivity index (χ3n) is 4.62. The number of benzene rings is 2. The van der Waals surface area contributed by atoms with E-state index in [9.17, 15) is 10.1 Å². The molecule has 1 heterocycles. The summed E-state index contributed by atoms with van der Waals surface area (Å²) in [6.45, 7) is 5.18. The predicted molar refractivity (Wildman–Crippen MR) is 109 cm³/mol. The normalized spacial score (nSPS) is 10.9. The fourth-order valence-corrected chi connectivity index (χ4v) is 3.12. The molecule has 0 aliphatic carbocycles. The molecule has 0 fully saturated rings. The second-order valence-electron chi connectivity index (χ2n) is 7.15. The standard InChI is InChI=1S/C23H24N2O2/c1-16(2)6-3-4-13-27-19-11-9-17(10-12-19)22-14-21-18(15-24)7-5-8-20(21)23(26)25-22/h5,7-12,14,16H,3-4,6,13H2,1-2H3,(H,25,26). The van der Waals surface area contributed by atoms with E-state index in [0.717, 1.165) is 23.7 Å². The van der Waals surface area contributed by atoms with E-state index in [2.05, 4.69) is 24.9 Å². The second-order valence-corrected chi connectivity index (χ2v) is 7.15. The Balaban J connectivity index is 1.75. The van der Waals surface area contributed by atoms with Crippen molar-refractivity contribution in [1.82, 2.24) is 4.98 Å². The number of hydrogen-bond donors (Lipinski definition) is 1. The van der Waals surface area contributed by atoms with Crippen molar-refractivity contribution < 1.29 is 4.74 Å². The van der Waals surface area contributed by atoms with E-state index in [1.165, 1.54) is 12.8 Å². The lowest BCUT2D eigenvalue weighted by Crippen LogP contribution is -2.07. The largest absolute Gasteiger partial charge is 0.494 e. The molecule has 1 N–H and O–H groups in total. The second kappa shape index (κ2) is 8.55. The van der Waals surface area contributed by atoms with Crippen LogP contribution in [0.2, 0.25) is 0 Å². The molecule has 0 saturated heterocycles. The van der Waals surface area contributed by atoms with Gasteiger partial charge in [-0.25, -0.2) is 0 Å². The van der Waals surface area contributed by atoms with Crippen LogP contribution in [0, 0.1) is 17.2 Å². The van der Waals surface area contributed by atoms with Gasteiger partial charge in [0.15, 0.2) is 0 Å².